The monoisotopic (exact) mass is 839 g/mol. The number of hydrogen-bond acceptors (Lipinski definition) is 2. The SMILES string of the molecule is c1ccc(-c2ccc(-c3cc4ccccc4c4ccccc34)cc2N(c2ccc(-c3ccc4c(ccc5ccccc54)c3)cc2)c2cccc(-c3cccc4oc5ccccc5c34)c2)cc1. The van der Waals surface area contributed by atoms with E-state index in [0.717, 1.165) is 66.8 Å². The average Bonchev–Trinajstić information content (AvgIpc) is 3.78. The minimum absolute atomic E-state index is 0.884. The summed E-state index contributed by atoms with van der Waals surface area (Å²) in [5.41, 5.74) is 14.2. The molecule has 2 heteroatoms. The largest absolute Gasteiger partial charge is 0.456 e. The van der Waals surface area contributed by atoms with E-state index < -0.39 is 0 Å². The molecule has 0 aliphatic carbocycles. The highest BCUT2D eigenvalue weighted by molar-refractivity contribution is 6.15. The Hall–Kier alpha value is -8.72. The van der Waals surface area contributed by atoms with Gasteiger partial charge in [0.25, 0.3) is 0 Å². The van der Waals surface area contributed by atoms with Gasteiger partial charge in [-0.2, -0.15) is 0 Å². The molecule has 0 amide bonds. The van der Waals surface area contributed by atoms with Crippen molar-refractivity contribution in [1.29, 1.82) is 0 Å². The van der Waals surface area contributed by atoms with Crippen molar-refractivity contribution in [2.45, 2.75) is 0 Å². The van der Waals surface area contributed by atoms with Crippen molar-refractivity contribution in [2.75, 3.05) is 4.90 Å². The van der Waals surface area contributed by atoms with Crippen molar-refractivity contribution in [3.8, 4) is 44.5 Å². The number of rotatable bonds is 7. The zero-order valence-electron chi connectivity index (χ0n) is 36.0. The third kappa shape index (κ3) is 6.34. The second kappa shape index (κ2) is 15.5. The van der Waals surface area contributed by atoms with Gasteiger partial charge in [0.1, 0.15) is 11.2 Å². The summed E-state index contributed by atoms with van der Waals surface area (Å²) in [7, 11) is 0. The first-order chi connectivity index (χ1) is 32.7. The van der Waals surface area contributed by atoms with Crippen LogP contribution < -0.4 is 4.90 Å². The van der Waals surface area contributed by atoms with Gasteiger partial charge in [0.2, 0.25) is 0 Å². The molecule has 0 aliphatic rings. The normalized spacial score (nSPS) is 11.6. The summed E-state index contributed by atoms with van der Waals surface area (Å²) in [6.07, 6.45) is 0. The Morgan fingerprint density at radius 3 is 1.70 bits per heavy atom. The van der Waals surface area contributed by atoms with E-state index in [2.05, 4.69) is 248 Å². The fourth-order valence-electron chi connectivity index (χ4n) is 10.3. The maximum atomic E-state index is 6.39. The molecule has 0 radical (unpaired) electrons. The number of para-hydroxylation sites is 1. The van der Waals surface area contributed by atoms with Crippen molar-refractivity contribution in [1.82, 2.24) is 0 Å². The van der Waals surface area contributed by atoms with Crippen LogP contribution in [-0.2, 0) is 0 Å². The number of nitrogens with zero attached hydrogens (tertiary/aromatic N) is 1. The topological polar surface area (TPSA) is 16.4 Å². The summed E-state index contributed by atoms with van der Waals surface area (Å²) in [4.78, 5) is 2.45. The van der Waals surface area contributed by atoms with Crippen molar-refractivity contribution < 1.29 is 4.42 Å². The summed E-state index contributed by atoms with van der Waals surface area (Å²) in [6.45, 7) is 0. The average molecular weight is 840 g/mol. The second-order valence-electron chi connectivity index (χ2n) is 17.2. The molecular weight excluding hydrogens is 799 g/mol. The van der Waals surface area contributed by atoms with Crippen LogP contribution in [0.2, 0.25) is 0 Å². The summed E-state index contributed by atoms with van der Waals surface area (Å²) in [5, 5.41) is 12.3. The highest BCUT2D eigenvalue weighted by Gasteiger charge is 2.21. The van der Waals surface area contributed by atoms with E-state index in [-0.39, 0.29) is 0 Å². The summed E-state index contributed by atoms with van der Waals surface area (Å²) >= 11 is 0. The van der Waals surface area contributed by atoms with E-state index in [1.54, 1.807) is 0 Å². The van der Waals surface area contributed by atoms with Crippen molar-refractivity contribution in [2.24, 2.45) is 0 Å². The van der Waals surface area contributed by atoms with Gasteiger partial charge in [-0.1, -0.05) is 194 Å². The smallest absolute Gasteiger partial charge is 0.136 e. The van der Waals surface area contributed by atoms with Crippen molar-refractivity contribution in [3.05, 3.63) is 249 Å². The van der Waals surface area contributed by atoms with Crippen LogP contribution >= 0.6 is 0 Å². The first-order valence-electron chi connectivity index (χ1n) is 22.7. The molecule has 13 rings (SSSR count). The van der Waals surface area contributed by atoms with Crippen molar-refractivity contribution in [3.63, 3.8) is 0 Å². The quantitative estimate of drug-likeness (QED) is 0.149. The molecule has 0 aliphatic heterocycles. The molecule has 12 aromatic carbocycles. The molecule has 0 fully saturated rings. The van der Waals surface area contributed by atoms with Crippen LogP contribution in [0.3, 0.4) is 0 Å². The van der Waals surface area contributed by atoms with Gasteiger partial charge in [-0.3, -0.25) is 0 Å². The van der Waals surface area contributed by atoms with E-state index >= 15 is 0 Å². The standard InChI is InChI=1S/C64H41NO/c1-2-14-43(15-3-1)55-37-33-49(60-40-47-17-5-7-21-53(47)57-22-8-9-23-58(57)60)41-61(55)65(51-19-12-18-46(39-51)56-25-13-27-63-64(56)59-24-10-11-26-62(59)66-63)50-34-30-42(31-35-50)45-32-36-54-48(38-45)29-28-44-16-4-6-20-52(44)54/h1-41H. The summed E-state index contributed by atoms with van der Waals surface area (Å²) in [6, 6.07) is 90.5. The third-order valence-electron chi connectivity index (χ3n) is 13.4. The van der Waals surface area contributed by atoms with Gasteiger partial charge in [-0.15, -0.1) is 0 Å². The molecule has 1 heterocycles. The Morgan fingerprint density at radius 1 is 0.258 bits per heavy atom. The van der Waals surface area contributed by atoms with Gasteiger partial charge < -0.3 is 9.32 Å². The van der Waals surface area contributed by atoms with Crippen LogP contribution in [0.1, 0.15) is 0 Å². The molecule has 0 bridgehead atoms. The van der Waals surface area contributed by atoms with E-state index in [1.165, 1.54) is 59.8 Å². The lowest BCUT2D eigenvalue weighted by atomic mass is 9.91. The van der Waals surface area contributed by atoms with E-state index in [4.69, 9.17) is 4.42 Å². The molecule has 0 saturated carbocycles. The van der Waals surface area contributed by atoms with Crippen molar-refractivity contribution >= 4 is 82.1 Å². The number of anilines is 3. The molecule has 0 spiro atoms. The maximum absolute atomic E-state index is 6.39. The first kappa shape index (κ1) is 37.8. The van der Waals surface area contributed by atoms with Crippen LogP contribution in [0.5, 0.6) is 0 Å². The minimum Gasteiger partial charge on any atom is -0.456 e. The molecular formula is C64H41NO. The summed E-state index contributed by atoms with van der Waals surface area (Å²) in [5.74, 6) is 0. The molecule has 2 nitrogen and oxygen atoms in total. The van der Waals surface area contributed by atoms with Gasteiger partial charge in [-0.25, -0.2) is 0 Å². The lowest BCUT2D eigenvalue weighted by molar-refractivity contribution is 0.669. The Bertz CT molecular complexity index is 3990. The molecule has 0 atom stereocenters. The van der Waals surface area contributed by atoms with Crippen LogP contribution in [0.25, 0.3) is 110 Å². The van der Waals surface area contributed by atoms with E-state index in [0.29, 0.717) is 0 Å². The van der Waals surface area contributed by atoms with Gasteiger partial charge in [0.15, 0.2) is 0 Å². The molecule has 1 aromatic heterocycles. The van der Waals surface area contributed by atoms with Crippen LogP contribution in [0, 0.1) is 0 Å². The second-order valence-corrected chi connectivity index (χ2v) is 17.2. The highest BCUT2D eigenvalue weighted by atomic mass is 16.3. The molecule has 308 valence electrons. The number of hydrogen-bond donors (Lipinski definition) is 0. The van der Waals surface area contributed by atoms with Crippen LogP contribution in [0.4, 0.5) is 17.1 Å². The predicted molar refractivity (Wildman–Crippen MR) is 280 cm³/mol. The van der Waals surface area contributed by atoms with Gasteiger partial charge in [0.05, 0.1) is 5.69 Å². The van der Waals surface area contributed by atoms with E-state index in [1.807, 2.05) is 6.07 Å². The zero-order valence-corrected chi connectivity index (χ0v) is 36.0. The highest BCUT2D eigenvalue weighted by Crippen LogP contribution is 2.46. The lowest BCUT2D eigenvalue weighted by Crippen LogP contribution is -2.11. The Kier molecular flexibility index (Phi) is 8.89. The number of fused-ring (bicyclic) bond motifs is 9. The fourth-order valence-corrected chi connectivity index (χ4v) is 10.3. The van der Waals surface area contributed by atoms with Gasteiger partial charge in [-0.05, 0) is 137 Å². The molecule has 66 heavy (non-hydrogen) atoms. The van der Waals surface area contributed by atoms with Gasteiger partial charge >= 0.3 is 0 Å². The van der Waals surface area contributed by atoms with Crippen LogP contribution in [0.15, 0.2) is 253 Å². The lowest BCUT2D eigenvalue weighted by Gasteiger charge is -2.29. The Labute approximate surface area is 382 Å². The zero-order chi connectivity index (χ0) is 43.6. The molecule has 0 N–H and O–H groups in total. The maximum Gasteiger partial charge on any atom is 0.136 e. The number of furan rings is 1. The van der Waals surface area contributed by atoms with E-state index in [9.17, 15) is 0 Å². The summed E-state index contributed by atoms with van der Waals surface area (Å²) < 4.78 is 6.39. The fraction of sp³-hybridized carbons (Fsp3) is 0. The number of benzene rings is 12. The van der Waals surface area contributed by atoms with Crippen LogP contribution in [-0.4, -0.2) is 0 Å². The molecule has 13 aromatic rings. The van der Waals surface area contributed by atoms with Gasteiger partial charge in [0, 0.05) is 27.7 Å². The Balaban J connectivity index is 1.03. The Morgan fingerprint density at radius 2 is 0.848 bits per heavy atom. The third-order valence-corrected chi connectivity index (χ3v) is 13.4. The minimum atomic E-state index is 0.884. The molecule has 0 saturated heterocycles. The molecule has 0 unspecified atom stereocenters. The first-order valence-corrected chi connectivity index (χ1v) is 22.7. The predicted octanol–water partition coefficient (Wildman–Crippen LogP) is 18.3.